The summed E-state index contributed by atoms with van der Waals surface area (Å²) in [5.41, 5.74) is 2.77. The van der Waals surface area contributed by atoms with Crippen LogP contribution in [0, 0.1) is 0 Å². The lowest BCUT2D eigenvalue weighted by molar-refractivity contribution is 0.256. The van der Waals surface area contributed by atoms with E-state index in [1.807, 2.05) is 0 Å². The van der Waals surface area contributed by atoms with E-state index in [0.29, 0.717) is 0 Å². The van der Waals surface area contributed by atoms with Gasteiger partial charge in [-0.25, -0.2) is 0 Å². The molecular weight excluding hydrogens is 292 g/mol. The van der Waals surface area contributed by atoms with Gasteiger partial charge in [-0.1, -0.05) is 86.8 Å². The van der Waals surface area contributed by atoms with Crippen LogP contribution in [0.5, 0.6) is 0 Å². The highest BCUT2D eigenvalue weighted by Gasteiger charge is 2.06. The lowest BCUT2D eigenvalue weighted by atomic mass is 10.1. The molecule has 2 aromatic carbocycles. The quantitative estimate of drug-likeness (QED) is 0.561. The lowest BCUT2D eigenvalue weighted by Gasteiger charge is -2.23. The number of benzene rings is 2. The number of hydrogen-bond acceptors (Lipinski definition) is 2. The molecule has 0 aromatic heterocycles. The average Bonchev–Trinajstić information content (AvgIpc) is 2.62. The zero-order valence-electron chi connectivity index (χ0n) is 15.1. The van der Waals surface area contributed by atoms with Crippen LogP contribution in [0.1, 0.15) is 43.7 Å². The van der Waals surface area contributed by atoms with E-state index in [4.69, 9.17) is 0 Å². The Morgan fingerprint density at radius 1 is 0.708 bits per heavy atom. The van der Waals surface area contributed by atoms with E-state index in [2.05, 4.69) is 77.8 Å². The Morgan fingerprint density at radius 2 is 1.29 bits per heavy atom. The summed E-state index contributed by atoms with van der Waals surface area (Å²) in [5, 5.41) is 3.60. The maximum Gasteiger partial charge on any atom is 0.0237 e. The number of rotatable bonds is 12. The van der Waals surface area contributed by atoms with Crippen molar-refractivity contribution >= 4 is 0 Å². The molecule has 0 amide bonds. The molecule has 0 aliphatic heterocycles. The average molecular weight is 325 g/mol. The zero-order valence-corrected chi connectivity index (χ0v) is 15.1. The summed E-state index contributed by atoms with van der Waals surface area (Å²) < 4.78 is 0. The molecule has 0 fully saturated rings. The fourth-order valence-electron chi connectivity index (χ4n) is 2.94. The molecule has 0 unspecified atom stereocenters. The first kappa shape index (κ1) is 18.7. The van der Waals surface area contributed by atoms with Crippen LogP contribution in [0.2, 0.25) is 0 Å². The van der Waals surface area contributed by atoms with E-state index in [9.17, 15) is 0 Å². The van der Waals surface area contributed by atoms with Crippen molar-refractivity contribution in [1.29, 1.82) is 0 Å². The van der Waals surface area contributed by atoms with E-state index in [0.717, 1.165) is 32.7 Å². The maximum absolute atomic E-state index is 3.60. The van der Waals surface area contributed by atoms with Crippen LogP contribution in [0.25, 0.3) is 0 Å². The van der Waals surface area contributed by atoms with Gasteiger partial charge in [0.2, 0.25) is 0 Å². The van der Waals surface area contributed by atoms with Gasteiger partial charge in [0.15, 0.2) is 0 Å². The van der Waals surface area contributed by atoms with Crippen molar-refractivity contribution < 1.29 is 0 Å². The van der Waals surface area contributed by atoms with Crippen LogP contribution >= 0.6 is 0 Å². The predicted molar refractivity (Wildman–Crippen MR) is 104 cm³/mol. The standard InChI is InChI=1S/C22H32N2/c1-2-3-4-11-16-23-17-18-24(19-21-12-7-5-8-13-21)20-22-14-9-6-10-15-22/h5-10,12-15,23H,2-4,11,16-20H2,1H3. The zero-order chi connectivity index (χ0) is 16.9. The Labute approximate surface area is 147 Å². The van der Waals surface area contributed by atoms with Gasteiger partial charge in [-0.05, 0) is 24.1 Å². The monoisotopic (exact) mass is 324 g/mol. The van der Waals surface area contributed by atoms with Gasteiger partial charge in [0.25, 0.3) is 0 Å². The Hall–Kier alpha value is -1.64. The molecule has 0 aliphatic carbocycles. The first-order valence-electron chi connectivity index (χ1n) is 9.39. The second-order valence-electron chi connectivity index (χ2n) is 6.49. The minimum Gasteiger partial charge on any atom is -0.315 e. The van der Waals surface area contributed by atoms with Crippen molar-refractivity contribution in [2.45, 2.75) is 45.7 Å². The second kappa shape index (κ2) is 11.8. The molecule has 0 spiro atoms. The van der Waals surface area contributed by atoms with Crippen LogP contribution in [0.3, 0.4) is 0 Å². The van der Waals surface area contributed by atoms with Crippen LogP contribution in [-0.2, 0) is 13.1 Å². The Bertz CT molecular complexity index is 483. The first-order valence-corrected chi connectivity index (χ1v) is 9.39. The van der Waals surface area contributed by atoms with Crippen molar-refractivity contribution in [1.82, 2.24) is 10.2 Å². The molecular formula is C22H32N2. The molecule has 1 N–H and O–H groups in total. The second-order valence-corrected chi connectivity index (χ2v) is 6.49. The van der Waals surface area contributed by atoms with Gasteiger partial charge in [0, 0.05) is 26.2 Å². The Morgan fingerprint density at radius 3 is 1.83 bits per heavy atom. The summed E-state index contributed by atoms with van der Waals surface area (Å²) in [6.45, 7) is 7.56. The van der Waals surface area contributed by atoms with E-state index >= 15 is 0 Å². The molecule has 130 valence electrons. The van der Waals surface area contributed by atoms with Crippen LogP contribution in [0.15, 0.2) is 60.7 Å². The number of nitrogens with one attached hydrogen (secondary N) is 1. The SMILES string of the molecule is CCCCCCNCCN(Cc1ccccc1)Cc1ccccc1. The highest BCUT2D eigenvalue weighted by Crippen LogP contribution is 2.09. The summed E-state index contributed by atoms with van der Waals surface area (Å²) >= 11 is 0. The maximum atomic E-state index is 3.60. The molecule has 2 aromatic rings. The minimum atomic E-state index is 1.01. The Balaban J connectivity index is 1.79. The van der Waals surface area contributed by atoms with Gasteiger partial charge in [0.1, 0.15) is 0 Å². The van der Waals surface area contributed by atoms with E-state index in [1.165, 1.54) is 36.8 Å². The molecule has 0 atom stereocenters. The first-order chi connectivity index (χ1) is 11.9. The lowest BCUT2D eigenvalue weighted by Crippen LogP contribution is -2.32. The van der Waals surface area contributed by atoms with Gasteiger partial charge >= 0.3 is 0 Å². The van der Waals surface area contributed by atoms with Gasteiger partial charge in [-0.15, -0.1) is 0 Å². The molecule has 0 saturated heterocycles. The summed E-state index contributed by atoms with van der Waals surface area (Å²) in [6, 6.07) is 21.6. The topological polar surface area (TPSA) is 15.3 Å². The summed E-state index contributed by atoms with van der Waals surface area (Å²) in [5.74, 6) is 0. The fourth-order valence-corrected chi connectivity index (χ4v) is 2.94. The van der Waals surface area contributed by atoms with Crippen LogP contribution in [-0.4, -0.2) is 24.5 Å². The van der Waals surface area contributed by atoms with Gasteiger partial charge in [0.05, 0.1) is 0 Å². The van der Waals surface area contributed by atoms with Crippen LogP contribution in [0.4, 0.5) is 0 Å². The van der Waals surface area contributed by atoms with Crippen molar-refractivity contribution in [2.75, 3.05) is 19.6 Å². The van der Waals surface area contributed by atoms with Crippen molar-refractivity contribution in [3.63, 3.8) is 0 Å². The molecule has 0 heterocycles. The molecule has 2 rings (SSSR count). The summed E-state index contributed by atoms with van der Waals surface area (Å²) in [6.07, 6.45) is 5.31. The largest absolute Gasteiger partial charge is 0.315 e. The third kappa shape index (κ3) is 7.76. The summed E-state index contributed by atoms with van der Waals surface area (Å²) in [4.78, 5) is 2.53. The molecule has 2 heteroatoms. The van der Waals surface area contributed by atoms with Gasteiger partial charge in [-0.2, -0.15) is 0 Å². The fraction of sp³-hybridized carbons (Fsp3) is 0.455. The third-order valence-electron chi connectivity index (χ3n) is 4.31. The minimum absolute atomic E-state index is 1.01. The number of hydrogen-bond donors (Lipinski definition) is 1. The van der Waals surface area contributed by atoms with Crippen LogP contribution < -0.4 is 5.32 Å². The normalized spacial score (nSPS) is 11.1. The van der Waals surface area contributed by atoms with Crippen molar-refractivity contribution in [3.8, 4) is 0 Å². The smallest absolute Gasteiger partial charge is 0.0237 e. The van der Waals surface area contributed by atoms with Crippen molar-refractivity contribution in [3.05, 3.63) is 71.8 Å². The molecule has 0 aliphatic rings. The predicted octanol–water partition coefficient (Wildman–Crippen LogP) is 4.86. The highest BCUT2D eigenvalue weighted by atomic mass is 15.1. The highest BCUT2D eigenvalue weighted by molar-refractivity contribution is 5.17. The molecule has 0 radical (unpaired) electrons. The molecule has 0 bridgehead atoms. The summed E-state index contributed by atoms with van der Waals surface area (Å²) in [7, 11) is 0. The third-order valence-corrected chi connectivity index (χ3v) is 4.31. The van der Waals surface area contributed by atoms with E-state index in [1.54, 1.807) is 0 Å². The van der Waals surface area contributed by atoms with Gasteiger partial charge < -0.3 is 5.32 Å². The Kier molecular flexibility index (Phi) is 9.21. The number of nitrogens with zero attached hydrogens (tertiary/aromatic N) is 1. The molecule has 2 nitrogen and oxygen atoms in total. The van der Waals surface area contributed by atoms with Gasteiger partial charge in [-0.3, -0.25) is 4.90 Å². The molecule has 24 heavy (non-hydrogen) atoms. The number of unbranched alkanes of at least 4 members (excludes halogenated alkanes) is 3. The van der Waals surface area contributed by atoms with E-state index < -0.39 is 0 Å². The van der Waals surface area contributed by atoms with Crippen molar-refractivity contribution in [2.24, 2.45) is 0 Å². The van der Waals surface area contributed by atoms with E-state index in [-0.39, 0.29) is 0 Å². The molecule has 0 saturated carbocycles.